The van der Waals surface area contributed by atoms with E-state index in [9.17, 15) is 14.0 Å². The molecule has 4 nitrogen and oxygen atoms in total. The van der Waals surface area contributed by atoms with Crippen LogP contribution in [0.15, 0.2) is 78.9 Å². The third-order valence-electron chi connectivity index (χ3n) is 5.71. The van der Waals surface area contributed by atoms with E-state index >= 15 is 0 Å². The van der Waals surface area contributed by atoms with E-state index in [1.807, 2.05) is 60.7 Å². The molecule has 3 aromatic carbocycles. The van der Waals surface area contributed by atoms with Gasteiger partial charge < -0.3 is 9.80 Å². The molecule has 1 saturated carbocycles. The number of halogens is 1. The Morgan fingerprint density at radius 2 is 1.53 bits per heavy atom. The van der Waals surface area contributed by atoms with Crippen molar-refractivity contribution in [2.24, 2.45) is 5.92 Å². The van der Waals surface area contributed by atoms with Crippen molar-refractivity contribution in [1.82, 2.24) is 4.90 Å². The lowest BCUT2D eigenvalue weighted by Gasteiger charge is -2.23. The van der Waals surface area contributed by atoms with Crippen molar-refractivity contribution >= 4 is 17.5 Å². The second kappa shape index (κ2) is 9.77. The quantitative estimate of drug-likeness (QED) is 0.506. The first-order chi connectivity index (χ1) is 15.5. The molecule has 0 saturated heterocycles. The SMILES string of the molecule is CN(Cc1ccccc1)C(=O)Cc1ccc(N(Cc2cccc(F)c2)C(=O)C2CC2)cc1. The largest absolute Gasteiger partial charge is 0.341 e. The summed E-state index contributed by atoms with van der Waals surface area (Å²) in [6, 6.07) is 23.8. The summed E-state index contributed by atoms with van der Waals surface area (Å²) >= 11 is 0. The Morgan fingerprint density at radius 1 is 0.844 bits per heavy atom. The van der Waals surface area contributed by atoms with Crippen LogP contribution in [0.1, 0.15) is 29.5 Å². The van der Waals surface area contributed by atoms with E-state index in [2.05, 4.69) is 0 Å². The van der Waals surface area contributed by atoms with Crippen LogP contribution in [-0.2, 0) is 29.1 Å². The maximum atomic E-state index is 13.6. The van der Waals surface area contributed by atoms with Crippen LogP contribution in [-0.4, -0.2) is 23.8 Å². The lowest BCUT2D eigenvalue weighted by molar-refractivity contribution is -0.129. The van der Waals surface area contributed by atoms with Crippen molar-refractivity contribution in [2.75, 3.05) is 11.9 Å². The summed E-state index contributed by atoms with van der Waals surface area (Å²) in [6.07, 6.45) is 2.10. The molecule has 2 amide bonds. The van der Waals surface area contributed by atoms with Gasteiger partial charge in [-0.1, -0.05) is 54.6 Å². The summed E-state index contributed by atoms with van der Waals surface area (Å²) in [5, 5.41) is 0. The lowest BCUT2D eigenvalue weighted by atomic mass is 10.1. The van der Waals surface area contributed by atoms with Gasteiger partial charge in [0.05, 0.1) is 13.0 Å². The topological polar surface area (TPSA) is 40.6 Å². The van der Waals surface area contributed by atoms with Gasteiger partial charge in [-0.2, -0.15) is 0 Å². The van der Waals surface area contributed by atoms with E-state index < -0.39 is 0 Å². The number of benzene rings is 3. The van der Waals surface area contributed by atoms with Crippen LogP contribution in [0, 0.1) is 11.7 Å². The molecule has 1 aliphatic rings. The van der Waals surface area contributed by atoms with Crippen molar-refractivity contribution in [2.45, 2.75) is 32.4 Å². The van der Waals surface area contributed by atoms with Crippen molar-refractivity contribution in [1.29, 1.82) is 0 Å². The molecule has 3 aromatic rings. The summed E-state index contributed by atoms with van der Waals surface area (Å²) < 4.78 is 13.6. The zero-order chi connectivity index (χ0) is 22.5. The summed E-state index contributed by atoms with van der Waals surface area (Å²) in [5.74, 6) is -0.154. The summed E-state index contributed by atoms with van der Waals surface area (Å²) in [7, 11) is 1.80. The van der Waals surface area contributed by atoms with Crippen molar-refractivity contribution in [3.8, 4) is 0 Å². The zero-order valence-corrected chi connectivity index (χ0v) is 18.2. The Kier molecular flexibility index (Phi) is 6.64. The van der Waals surface area contributed by atoms with Gasteiger partial charge in [-0.3, -0.25) is 9.59 Å². The molecule has 1 aliphatic carbocycles. The zero-order valence-electron chi connectivity index (χ0n) is 18.2. The highest BCUT2D eigenvalue weighted by Gasteiger charge is 2.34. The van der Waals surface area contributed by atoms with Crippen LogP contribution in [0.25, 0.3) is 0 Å². The molecule has 0 unspecified atom stereocenters. The number of anilines is 1. The number of carbonyl (C=O) groups excluding carboxylic acids is 2. The molecule has 5 heteroatoms. The van der Waals surface area contributed by atoms with Gasteiger partial charge >= 0.3 is 0 Å². The molecule has 32 heavy (non-hydrogen) atoms. The molecule has 0 heterocycles. The highest BCUT2D eigenvalue weighted by atomic mass is 19.1. The molecular weight excluding hydrogens is 403 g/mol. The maximum Gasteiger partial charge on any atom is 0.230 e. The van der Waals surface area contributed by atoms with E-state index in [1.165, 1.54) is 12.1 Å². The fourth-order valence-electron chi connectivity index (χ4n) is 3.71. The second-order valence-electron chi connectivity index (χ2n) is 8.41. The first-order valence-corrected chi connectivity index (χ1v) is 10.9. The average molecular weight is 431 g/mol. The van der Waals surface area contributed by atoms with Gasteiger partial charge in [-0.05, 0) is 53.8 Å². The summed E-state index contributed by atoms with van der Waals surface area (Å²) in [4.78, 5) is 29.0. The molecule has 1 fully saturated rings. The summed E-state index contributed by atoms with van der Waals surface area (Å²) in [6.45, 7) is 0.889. The molecule has 0 aliphatic heterocycles. The van der Waals surface area contributed by atoms with Crippen LogP contribution in [0.4, 0.5) is 10.1 Å². The van der Waals surface area contributed by atoms with Crippen LogP contribution in [0.5, 0.6) is 0 Å². The second-order valence-corrected chi connectivity index (χ2v) is 8.41. The van der Waals surface area contributed by atoms with Crippen LogP contribution in [0.3, 0.4) is 0 Å². The normalized spacial score (nSPS) is 12.9. The Balaban J connectivity index is 1.44. The predicted molar refractivity (Wildman–Crippen MR) is 123 cm³/mol. The fourth-order valence-corrected chi connectivity index (χ4v) is 3.71. The lowest BCUT2D eigenvalue weighted by Crippen LogP contribution is -2.31. The standard InChI is InChI=1S/C27H27FN2O2/c1-29(18-21-6-3-2-4-7-21)26(31)17-20-10-14-25(15-11-20)30(27(32)23-12-13-23)19-22-8-5-9-24(28)16-22/h2-11,14-16,23H,12-13,17-19H2,1H3. The van der Waals surface area contributed by atoms with Crippen molar-refractivity contribution < 1.29 is 14.0 Å². The minimum atomic E-state index is -0.310. The molecular formula is C27H27FN2O2. The van der Waals surface area contributed by atoms with Crippen LogP contribution < -0.4 is 4.90 Å². The number of likely N-dealkylation sites (N-methyl/N-ethyl adjacent to an activating group) is 1. The van der Waals surface area contributed by atoms with E-state index in [1.54, 1.807) is 22.9 Å². The number of hydrogen-bond donors (Lipinski definition) is 0. The van der Waals surface area contributed by atoms with Gasteiger partial charge in [0.1, 0.15) is 5.82 Å². The average Bonchev–Trinajstić information content (AvgIpc) is 3.64. The van der Waals surface area contributed by atoms with E-state index in [-0.39, 0.29) is 23.5 Å². The van der Waals surface area contributed by atoms with E-state index in [0.29, 0.717) is 19.5 Å². The van der Waals surface area contributed by atoms with Crippen molar-refractivity contribution in [3.05, 3.63) is 101 Å². The molecule has 4 rings (SSSR count). The predicted octanol–water partition coefficient (Wildman–Crippen LogP) is 4.97. The van der Waals surface area contributed by atoms with Gasteiger partial charge in [0, 0.05) is 25.2 Å². The minimum absolute atomic E-state index is 0.0345. The maximum absolute atomic E-state index is 13.6. The smallest absolute Gasteiger partial charge is 0.230 e. The third-order valence-corrected chi connectivity index (χ3v) is 5.71. The van der Waals surface area contributed by atoms with E-state index in [4.69, 9.17) is 0 Å². The minimum Gasteiger partial charge on any atom is -0.341 e. The Hall–Kier alpha value is -3.47. The van der Waals surface area contributed by atoms with Crippen molar-refractivity contribution in [3.63, 3.8) is 0 Å². The molecule has 0 atom stereocenters. The molecule has 0 radical (unpaired) electrons. The molecule has 0 N–H and O–H groups in total. The van der Waals surface area contributed by atoms with Gasteiger partial charge in [0.25, 0.3) is 0 Å². The fraction of sp³-hybridized carbons (Fsp3) is 0.259. The van der Waals surface area contributed by atoms with Crippen LogP contribution in [0.2, 0.25) is 0 Å². The van der Waals surface area contributed by atoms with Crippen LogP contribution >= 0.6 is 0 Å². The number of rotatable bonds is 8. The number of nitrogens with zero attached hydrogens (tertiary/aromatic N) is 2. The Morgan fingerprint density at radius 3 is 2.19 bits per heavy atom. The Labute approximate surface area is 188 Å². The van der Waals surface area contributed by atoms with E-state index in [0.717, 1.165) is 35.2 Å². The molecule has 0 aromatic heterocycles. The molecule has 0 bridgehead atoms. The first kappa shape index (κ1) is 21.8. The number of amides is 2. The van der Waals surface area contributed by atoms with Gasteiger partial charge in [-0.25, -0.2) is 4.39 Å². The van der Waals surface area contributed by atoms with Gasteiger partial charge in [-0.15, -0.1) is 0 Å². The number of carbonyl (C=O) groups is 2. The molecule has 0 spiro atoms. The van der Waals surface area contributed by atoms with Gasteiger partial charge in [0.2, 0.25) is 11.8 Å². The van der Waals surface area contributed by atoms with Gasteiger partial charge in [0.15, 0.2) is 0 Å². The highest BCUT2D eigenvalue weighted by molar-refractivity contribution is 5.96. The highest BCUT2D eigenvalue weighted by Crippen LogP contribution is 2.33. The third kappa shape index (κ3) is 5.61. The number of hydrogen-bond acceptors (Lipinski definition) is 2. The molecule has 164 valence electrons. The first-order valence-electron chi connectivity index (χ1n) is 10.9. The summed E-state index contributed by atoms with van der Waals surface area (Å²) in [5.41, 5.74) is 3.49. The monoisotopic (exact) mass is 430 g/mol. The Bertz CT molecular complexity index is 1080.